The first-order valence-electron chi connectivity index (χ1n) is 14.9. The first kappa shape index (κ1) is 33.6. The van der Waals surface area contributed by atoms with E-state index in [0.29, 0.717) is 23.9 Å². The van der Waals surface area contributed by atoms with Gasteiger partial charge in [-0.2, -0.15) is 0 Å². The molecule has 2 rings (SSSR count). The number of hydrogen-bond acceptors (Lipinski definition) is 5. The molecule has 2 aliphatic carbocycles. The minimum absolute atomic E-state index is 0.152. The molecule has 0 aliphatic heterocycles. The lowest BCUT2D eigenvalue weighted by Gasteiger charge is -2.55. The average molecular weight is 512 g/mol. The van der Waals surface area contributed by atoms with Crippen molar-refractivity contribution >= 4 is 0 Å². The van der Waals surface area contributed by atoms with Gasteiger partial charge in [-0.1, -0.05) is 72.5 Å². The number of allylic oxidation sites excluding steroid dienone is 2. The van der Waals surface area contributed by atoms with Gasteiger partial charge in [-0.15, -0.1) is 0 Å². The summed E-state index contributed by atoms with van der Waals surface area (Å²) in [6, 6.07) is 0. The van der Waals surface area contributed by atoms with Crippen LogP contribution in [0.25, 0.3) is 0 Å². The molecule has 0 aromatic rings. The second-order valence-corrected chi connectivity index (χ2v) is 12.3. The summed E-state index contributed by atoms with van der Waals surface area (Å²) in [6.07, 6.45) is 14.4. The Morgan fingerprint density at radius 1 is 1.11 bits per heavy atom. The fourth-order valence-corrected chi connectivity index (χ4v) is 7.46. The Bertz CT molecular complexity index is 607. The summed E-state index contributed by atoms with van der Waals surface area (Å²) in [7, 11) is 1.88. The SMILES string of the molecule is CCC1=CCC(C2CCCC(C)C2(C)C)C(CC)C1(C)CCCOCO.CNCCC(CO)CCO. The number of ether oxygens (including phenoxy) is 1. The van der Waals surface area contributed by atoms with Crippen LogP contribution < -0.4 is 5.32 Å². The van der Waals surface area contributed by atoms with Gasteiger partial charge in [0.2, 0.25) is 0 Å². The lowest BCUT2D eigenvalue weighted by atomic mass is 9.50. The molecule has 0 aromatic carbocycles. The molecule has 0 spiro atoms. The van der Waals surface area contributed by atoms with Gasteiger partial charge in [0.05, 0.1) is 0 Å². The van der Waals surface area contributed by atoms with E-state index in [1.165, 1.54) is 44.9 Å². The van der Waals surface area contributed by atoms with Crippen LogP contribution in [0.3, 0.4) is 0 Å². The lowest BCUT2D eigenvalue weighted by molar-refractivity contribution is -0.0321. The van der Waals surface area contributed by atoms with Crippen molar-refractivity contribution in [1.82, 2.24) is 5.32 Å². The molecular weight excluding hydrogens is 450 g/mol. The number of aliphatic hydroxyl groups is 3. The van der Waals surface area contributed by atoms with Crippen LogP contribution in [0.1, 0.15) is 106 Å². The zero-order valence-corrected chi connectivity index (χ0v) is 24.8. The van der Waals surface area contributed by atoms with Gasteiger partial charge in [-0.05, 0) is 99.0 Å². The summed E-state index contributed by atoms with van der Waals surface area (Å²) in [5.41, 5.74) is 2.42. The van der Waals surface area contributed by atoms with Crippen molar-refractivity contribution in [2.45, 2.75) is 106 Å². The fraction of sp³-hybridized carbons (Fsp3) is 0.935. The van der Waals surface area contributed by atoms with Crippen LogP contribution in [0.5, 0.6) is 0 Å². The van der Waals surface area contributed by atoms with Gasteiger partial charge in [0.1, 0.15) is 6.79 Å². The van der Waals surface area contributed by atoms with Crippen molar-refractivity contribution in [3.8, 4) is 0 Å². The molecule has 0 saturated heterocycles. The first-order valence-corrected chi connectivity index (χ1v) is 14.9. The maximum atomic E-state index is 8.92. The monoisotopic (exact) mass is 511 g/mol. The molecule has 36 heavy (non-hydrogen) atoms. The zero-order valence-electron chi connectivity index (χ0n) is 24.8. The van der Waals surface area contributed by atoms with Crippen LogP contribution in [0.15, 0.2) is 11.6 Å². The Hall–Kier alpha value is -0.460. The smallest absolute Gasteiger partial charge is 0.143 e. The van der Waals surface area contributed by atoms with Crippen molar-refractivity contribution in [3.05, 3.63) is 11.6 Å². The van der Waals surface area contributed by atoms with E-state index in [-0.39, 0.29) is 25.9 Å². The molecule has 0 aromatic heterocycles. The molecule has 0 amide bonds. The molecule has 1 fully saturated rings. The molecule has 6 unspecified atom stereocenters. The van der Waals surface area contributed by atoms with E-state index in [9.17, 15) is 0 Å². The molecule has 0 bridgehead atoms. The third-order valence-corrected chi connectivity index (χ3v) is 10.1. The van der Waals surface area contributed by atoms with E-state index < -0.39 is 0 Å². The van der Waals surface area contributed by atoms with Crippen molar-refractivity contribution in [2.75, 3.05) is 40.2 Å². The van der Waals surface area contributed by atoms with Gasteiger partial charge in [-0.25, -0.2) is 0 Å². The Morgan fingerprint density at radius 2 is 1.83 bits per heavy atom. The minimum Gasteiger partial charge on any atom is -0.396 e. The van der Waals surface area contributed by atoms with Crippen molar-refractivity contribution < 1.29 is 20.1 Å². The van der Waals surface area contributed by atoms with Gasteiger partial charge in [-0.3, -0.25) is 0 Å². The molecule has 1 saturated carbocycles. The van der Waals surface area contributed by atoms with Gasteiger partial charge < -0.3 is 25.4 Å². The normalized spacial score (nSPS) is 30.8. The molecular formula is C31H61NO4. The van der Waals surface area contributed by atoms with Gasteiger partial charge in [0.15, 0.2) is 0 Å². The van der Waals surface area contributed by atoms with Crippen molar-refractivity contribution in [3.63, 3.8) is 0 Å². The van der Waals surface area contributed by atoms with E-state index in [1.54, 1.807) is 5.57 Å². The highest BCUT2D eigenvalue weighted by atomic mass is 16.6. The fourth-order valence-electron chi connectivity index (χ4n) is 7.46. The summed E-state index contributed by atoms with van der Waals surface area (Å²) < 4.78 is 5.23. The van der Waals surface area contributed by atoms with Crippen LogP contribution in [-0.4, -0.2) is 55.5 Å². The Morgan fingerprint density at radius 3 is 2.39 bits per heavy atom. The van der Waals surface area contributed by atoms with E-state index in [4.69, 9.17) is 20.1 Å². The highest BCUT2D eigenvalue weighted by molar-refractivity contribution is 5.21. The maximum Gasteiger partial charge on any atom is 0.143 e. The summed E-state index contributed by atoms with van der Waals surface area (Å²) in [4.78, 5) is 0. The molecule has 4 N–H and O–H groups in total. The maximum absolute atomic E-state index is 8.92. The van der Waals surface area contributed by atoms with Gasteiger partial charge >= 0.3 is 0 Å². The average Bonchev–Trinajstić information content (AvgIpc) is 2.86. The van der Waals surface area contributed by atoms with Gasteiger partial charge in [0.25, 0.3) is 0 Å². The van der Waals surface area contributed by atoms with Gasteiger partial charge in [0, 0.05) is 19.8 Å². The van der Waals surface area contributed by atoms with Crippen molar-refractivity contribution in [1.29, 1.82) is 0 Å². The quantitative estimate of drug-likeness (QED) is 0.127. The molecule has 5 heteroatoms. The predicted molar refractivity (Wildman–Crippen MR) is 152 cm³/mol. The number of nitrogens with one attached hydrogen (secondary N) is 1. The molecule has 2 aliphatic rings. The first-order chi connectivity index (χ1) is 17.2. The highest BCUT2D eigenvalue weighted by Gasteiger charge is 2.49. The third-order valence-electron chi connectivity index (χ3n) is 10.1. The standard InChI is InChI=1S/C24H44O2.C7H17NO2/c1-7-19-13-14-20(22-12-9-11-18(3)23(22,4)5)21(8-2)24(19,6)15-10-16-26-17-25;1-8-4-2-7(6-10)3-5-9/h13,18,20-22,25H,7-12,14-17H2,1-6H3;7-10H,2-6H2,1H3. The Balaban J connectivity index is 0.000000548. The van der Waals surface area contributed by atoms with E-state index in [2.05, 4.69) is 52.9 Å². The second-order valence-electron chi connectivity index (χ2n) is 12.3. The minimum atomic E-state index is -0.152. The van der Waals surface area contributed by atoms with Crippen LogP contribution in [0.4, 0.5) is 0 Å². The third kappa shape index (κ3) is 9.08. The van der Waals surface area contributed by atoms with Crippen molar-refractivity contribution in [2.24, 2.45) is 40.4 Å². The molecule has 214 valence electrons. The molecule has 0 radical (unpaired) electrons. The number of rotatable bonds is 14. The summed E-state index contributed by atoms with van der Waals surface area (Å²) in [6.45, 7) is 16.6. The summed E-state index contributed by atoms with van der Waals surface area (Å²) in [5.74, 6) is 3.53. The van der Waals surface area contributed by atoms with Crippen LogP contribution in [-0.2, 0) is 4.74 Å². The molecule has 0 heterocycles. The van der Waals surface area contributed by atoms with E-state index in [1.807, 2.05) is 7.05 Å². The number of hydrogen-bond donors (Lipinski definition) is 4. The summed E-state index contributed by atoms with van der Waals surface area (Å²) >= 11 is 0. The Labute approximate surface area is 223 Å². The number of aliphatic hydroxyl groups excluding tert-OH is 3. The van der Waals surface area contributed by atoms with Crippen LogP contribution >= 0.6 is 0 Å². The molecule has 5 nitrogen and oxygen atoms in total. The highest BCUT2D eigenvalue weighted by Crippen LogP contribution is 2.58. The second kappa shape index (κ2) is 17.2. The lowest BCUT2D eigenvalue weighted by Crippen LogP contribution is -2.47. The predicted octanol–water partition coefficient (Wildman–Crippen LogP) is 6.17. The van der Waals surface area contributed by atoms with Crippen LogP contribution in [0, 0.1) is 40.4 Å². The Kier molecular flexibility index (Phi) is 16.0. The largest absolute Gasteiger partial charge is 0.396 e. The topological polar surface area (TPSA) is 82.0 Å². The molecule has 6 atom stereocenters. The zero-order chi connectivity index (χ0) is 27.2. The van der Waals surface area contributed by atoms with E-state index >= 15 is 0 Å². The van der Waals surface area contributed by atoms with Crippen LogP contribution in [0.2, 0.25) is 0 Å². The summed E-state index contributed by atoms with van der Waals surface area (Å²) in [5, 5.41) is 29.2. The van der Waals surface area contributed by atoms with E-state index in [0.717, 1.165) is 43.1 Å².